The Morgan fingerprint density at radius 2 is 1.63 bits per heavy atom. The van der Waals surface area contributed by atoms with Crippen molar-refractivity contribution in [3.05, 3.63) is 68.1 Å². The van der Waals surface area contributed by atoms with E-state index in [0.717, 1.165) is 22.2 Å². The van der Waals surface area contributed by atoms with Gasteiger partial charge in [-0.15, -0.1) is 0 Å². The van der Waals surface area contributed by atoms with Gasteiger partial charge in [0.15, 0.2) is 0 Å². The van der Waals surface area contributed by atoms with E-state index in [1.807, 2.05) is 6.07 Å². The first-order valence-corrected chi connectivity index (χ1v) is 7.13. The highest BCUT2D eigenvalue weighted by Gasteiger charge is 2.19. The average molecular weight is 392 g/mol. The highest BCUT2D eigenvalue weighted by Crippen LogP contribution is 2.27. The molecular weight excluding hydrogens is 382 g/mol. The minimum absolute atomic E-state index is 0.148. The third kappa shape index (κ3) is 3.61. The first-order chi connectivity index (χ1) is 8.97. The second kappa shape index (κ2) is 6.11. The average Bonchev–Trinajstić information content (AvgIpc) is 2.27. The molecule has 1 unspecified atom stereocenters. The molecule has 0 saturated heterocycles. The fraction of sp³-hybridized carbons (Fsp3) is 0.143. The van der Waals surface area contributed by atoms with Crippen molar-refractivity contribution in [2.75, 3.05) is 0 Å². The predicted octanol–water partition coefficient (Wildman–Crippen LogP) is 4.77. The normalized spacial score (nSPS) is 12.5. The Balaban J connectivity index is 2.28. The van der Waals surface area contributed by atoms with Gasteiger partial charge in [-0.1, -0.05) is 44.0 Å². The number of hydrogen-bond donors (Lipinski definition) is 1. The van der Waals surface area contributed by atoms with Crippen LogP contribution in [0.1, 0.15) is 17.2 Å². The van der Waals surface area contributed by atoms with E-state index in [1.54, 1.807) is 18.2 Å². The Morgan fingerprint density at radius 1 is 1.00 bits per heavy atom. The van der Waals surface area contributed by atoms with Gasteiger partial charge >= 0.3 is 0 Å². The molecule has 0 amide bonds. The zero-order valence-electron chi connectivity index (χ0n) is 9.71. The smallest absolute Gasteiger partial charge is 0.133 e. The fourth-order valence-corrected chi connectivity index (χ4v) is 2.71. The van der Waals surface area contributed by atoms with Gasteiger partial charge < -0.3 is 5.11 Å². The lowest BCUT2D eigenvalue weighted by atomic mass is 10.0. The molecule has 0 aliphatic rings. The summed E-state index contributed by atoms with van der Waals surface area (Å²) in [7, 11) is 0. The summed E-state index contributed by atoms with van der Waals surface area (Å²) in [5.74, 6) is -1.51. The van der Waals surface area contributed by atoms with Crippen LogP contribution >= 0.6 is 31.9 Å². The Labute approximate surface area is 126 Å². The van der Waals surface area contributed by atoms with Crippen molar-refractivity contribution >= 4 is 31.9 Å². The molecule has 0 saturated carbocycles. The SMILES string of the molecule is OC(Cc1cccc(Br)c1)c1c(F)cc(Br)cc1F. The van der Waals surface area contributed by atoms with Gasteiger partial charge in [0.2, 0.25) is 0 Å². The minimum Gasteiger partial charge on any atom is -0.388 e. The largest absolute Gasteiger partial charge is 0.388 e. The van der Waals surface area contributed by atoms with E-state index >= 15 is 0 Å². The van der Waals surface area contributed by atoms with Crippen molar-refractivity contribution in [3.8, 4) is 0 Å². The van der Waals surface area contributed by atoms with E-state index in [9.17, 15) is 13.9 Å². The van der Waals surface area contributed by atoms with E-state index in [-0.39, 0.29) is 12.0 Å². The Hall–Kier alpha value is -0.780. The Kier molecular flexibility index (Phi) is 4.71. The van der Waals surface area contributed by atoms with Crippen LogP contribution in [-0.4, -0.2) is 5.11 Å². The molecule has 0 aliphatic heterocycles. The molecule has 2 rings (SSSR count). The molecule has 100 valence electrons. The summed E-state index contributed by atoms with van der Waals surface area (Å²) in [5, 5.41) is 10.0. The highest BCUT2D eigenvalue weighted by molar-refractivity contribution is 9.10. The molecule has 0 spiro atoms. The number of hydrogen-bond acceptors (Lipinski definition) is 1. The molecular formula is C14H10Br2F2O. The third-order valence-corrected chi connectivity index (χ3v) is 3.65. The standard InChI is InChI=1S/C14H10Br2F2O/c15-9-3-1-2-8(4-9)5-13(19)14-11(17)6-10(16)7-12(14)18/h1-4,6-7,13,19H,5H2. The molecule has 1 nitrogen and oxygen atoms in total. The van der Waals surface area contributed by atoms with Gasteiger partial charge in [-0.05, 0) is 29.8 Å². The number of halogens is 4. The summed E-state index contributed by atoms with van der Waals surface area (Å²) >= 11 is 6.32. The molecule has 1 N–H and O–H groups in total. The van der Waals surface area contributed by atoms with Gasteiger partial charge in [-0.25, -0.2) is 8.78 Å². The molecule has 5 heteroatoms. The quantitative estimate of drug-likeness (QED) is 0.799. The Bertz CT molecular complexity index is 579. The molecule has 0 radical (unpaired) electrons. The van der Waals surface area contributed by atoms with Crippen molar-refractivity contribution in [1.82, 2.24) is 0 Å². The molecule has 0 heterocycles. The third-order valence-electron chi connectivity index (χ3n) is 2.70. The van der Waals surface area contributed by atoms with E-state index < -0.39 is 17.7 Å². The van der Waals surface area contributed by atoms with Crippen LogP contribution in [0.25, 0.3) is 0 Å². The van der Waals surface area contributed by atoms with Crippen LogP contribution in [-0.2, 0) is 6.42 Å². The molecule has 2 aromatic rings. The number of benzene rings is 2. The summed E-state index contributed by atoms with van der Waals surface area (Å²) in [5.41, 5.74) is 0.492. The summed E-state index contributed by atoms with van der Waals surface area (Å²) in [4.78, 5) is 0. The van der Waals surface area contributed by atoms with Crippen molar-refractivity contribution in [2.24, 2.45) is 0 Å². The summed E-state index contributed by atoms with van der Waals surface area (Å²) < 4.78 is 28.6. The second-order valence-electron chi connectivity index (χ2n) is 4.13. The second-order valence-corrected chi connectivity index (χ2v) is 5.96. The van der Waals surface area contributed by atoms with Gasteiger partial charge in [-0.2, -0.15) is 0 Å². The monoisotopic (exact) mass is 390 g/mol. The summed E-state index contributed by atoms with van der Waals surface area (Å²) in [6, 6.07) is 9.53. The molecule has 0 aliphatic carbocycles. The van der Waals surface area contributed by atoms with Crippen LogP contribution in [0, 0.1) is 11.6 Å². The van der Waals surface area contributed by atoms with Crippen LogP contribution in [0.15, 0.2) is 45.3 Å². The number of aliphatic hydroxyl groups excluding tert-OH is 1. The maximum Gasteiger partial charge on any atom is 0.133 e. The highest BCUT2D eigenvalue weighted by atomic mass is 79.9. The lowest BCUT2D eigenvalue weighted by molar-refractivity contribution is 0.168. The molecule has 1 atom stereocenters. The van der Waals surface area contributed by atoms with Crippen LogP contribution in [0.5, 0.6) is 0 Å². The minimum atomic E-state index is -1.22. The zero-order valence-corrected chi connectivity index (χ0v) is 12.9. The fourth-order valence-electron chi connectivity index (χ4n) is 1.86. The van der Waals surface area contributed by atoms with E-state index in [4.69, 9.17) is 0 Å². The number of aliphatic hydroxyl groups is 1. The van der Waals surface area contributed by atoms with Gasteiger partial charge in [0.1, 0.15) is 11.6 Å². The maximum atomic E-state index is 13.7. The summed E-state index contributed by atoms with van der Waals surface area (Å²) in [6.07, 6.45) is -1.07. The maximum absolute atomic E-state index is 13.7. The first kappa shape index (κ1) is 14.6. The Morgan fingerprint density at radius 3 is 2.21 bits per heavy atom. The predicted molar refractivity (Wildman–Crippen MR) is 76.9 cm³/mol. The van der Waals surface area contributed by atoms with Crippen molar-refractivity contribution in [1.29, 1.82) is 0 Å². The lowest BCUT2D eigenvalue weighted by Crippen LogP contribution is -2.07. The molecule has 0 bridgehead atoms. The molecule has 2 aromatic carbocycles. The number of rotatable bonds is 3. The topological polar surface area (TPSA) is 20.2 Å². The van der Waals surface area contributed by atoms with Crippen molar-refractivity contribution in [2.45, 2.75) is 12.5 Å². The molecule has 0 fully saturated rings. The van der Waals surface area contributed by atoms with Crippen molar-refractivity contribution in [3.63, 3.8) is 0 Å². The first-order valence-electron chi connectivity index (χ1n) is 5.54. The van der Waals surface area contributed by atoms with Crippen molar-refractivity contribution < 1.29 is 13.9 Å². The van der Waals surface area contributed by atoms with Gasteiger partial charge in [0.25, 0.3) is 0 Å². The lowest BCUT2D eigenvalue weighted by Gasteiger charge is -2.13. The van der Waals surface area contributed by atoms with E-state index in [2.05, 4.69) is 31.9 Å². The van der Waals surface area contributed by atoms with E-state index in [0.29, 0.717) is 4.47 Å². The van der Waals surface area contributed by atoms with Gasteiger partial charge in [-0.3, -0.25) is 0 Å². The summed E-state index contributed by atoms with van der Waals surface area (Å²) in [6.45, 7) is 0. The van der Waals surface area contributed by atoms with Gasteiger partial charge in [0, 0.05) is 15.4 Å². The van der Waals surface area contributed by atoms with E-state index in [1.165, 1.54) is 0 Å². The molecule has 19 heavy (non-hydrogen) atoms. The van der Waals surface area contributed by atoms with Crippen LogP contribution < -0.4 is 0 Å². The van der Waals surface area contributed by atoms with Gasteiger partial charge in [0.05, 0.1) is 11.7 Å². The van der Waals surface area contributed by atoms with Crippen LogP contribution in [0.3, 0.4) is 0 Å². The van der Waals surface area contributed by atoms with Crippen LogP contribution in [0.2, 0.25) is 0 Å². The van der Waals surface area contributed by atoms with Crippen LogP contribution in [0.4, 0.5) is 8.78 Å². The zero-order chi connectivity index (χ0) is 14.0. The molecule has 0 aromatic heterocycles.